The molecule has 0 unspecified atom stereocenters. The van der Waals surface area contributed by atoms with Gasteiger partial charge in [-0.15, -0.1) is 0 Å². The van der Waals surface area contributed by atoms with Crippen LogP contribution in [0, 0.1) is 11.8 Å². The summed E-state index contributed by atoms with van der Waals surface area (Å²) in [5.41, 5.74) is 15.2. The van der Waals surface area contributed by atoms with E-state index in [1.807, 2.05) is 61.0 Å². The van der Waals surface area contributed by atoms with Crippen molar-refractivity contribution in [1.82, 2.24) is 0 Å². The number of benzene rings is 2. The van der Waals surface area contributed by atoms with Crippen molar-refractivity contribution in [2.24, 2.45) is 21.8 Å². The summed E-state index contributed by atoms with van der Waals surface area (Å²) in [7, 11) is 0. The van der Waals surface area contributed by atoms with E-state index in [4.69, 9.17) is 11.5 Å². The highest BCUT2D eigenvalue weighted by Gasteiger charge is 2.20. The van der Waals surface area contributed by atoms with E-state index in [1.54, 1.807) is 0 Å². The van der Waals surface area contributed by atoms with Crippen molar-refractivity contribution in [3.05, 3.63) is 59.7 Å². The summed E-state index contributed by atoms with van der Waals surface area (Å²) in [5, 5.41) is 0. The molecule has 4 nitrogen and oxygen atoms in total. The molecular formula is C22H28N4. The molecule has 4 heteroatoms. The summed E-state index contributed by atoms with van der Waals surface area (Å²) < 4.78 is 0. The second kappa shape index (κ2) is 9.18. The van der Waals surface area contributed by atoms with Crippen LogP contribution in [0.2, 0.25) is 0 Å². The number of hydrogen-bond acceptors (Lipinski definition) is 4. The Morgan fingerprint density at radius 2 is 1.00 bits per heavy atom. The van der Waals surface area contributed by atoms with Crippen LogP contribution in [0.25, 0.3) is 0 Å². The van der Waals surface area contributed by atoms with Gasteiger partial charge in [0, 0.05) is 36.9 Å². The molecule has 0 radical (unpaired) electrons. The Morgan fingerprint density at radius 3 is 1.35 bits per heavy atom. The van der Waals surface area contributed by atoms with E-state index in [0.717, 1.165) is 35.6 Å². The zero-order chi connectivity index (χ0) is 18.2. The average molecular weight is 348 g/mol. The van der Waals surface area contributed by atoms with Crippen molar-refractivity contribution in [3.63, 3.8) is 0 Å². The fourth-order valence-corrected chi connectivity index (χ4v) is 3.38. The molecule has 26 heavy (non-hydrogen) atoms. The number of nitrogens with zero attached hydrogens (tertiary/aromatic N) is 2. The Hall–Kier alpha value is -2.62. The van der Waals surface area contributed by atoms with E-state index in [2.05, 4.69) is 9.98 Å². The van der Waals surface area contributed by atoms with Gasteiger partial charge >= 0.3 is 0 Å². The van der Waals surface area contributed by atoms with Gasteiger partial charge in [0.05, 0.1) is 0 Å². The average Bonchev–Trinajstić information content (AvgIpc) is 2.66. The molecule has 0 saturated heterocycles. The van der Waals surface area contributed by atoms with Crippen LogP contribution < -0.4 is 11.5 Å². The number of nitrogen functional groups attached to an aromatic ring is 2. The molecule has 0 aromatic heterocycles. The first kappa shape index (κ1) is 18.2. The second-order valence-corrected chi connectivity index (χ2v) is 7.21. The lowest BCUT2D eigenvalue weighted by Gasteiger charge is -2.26. The molecule has 2 aromatic rings. The molecule has 4 N–H and O–H groups in total. The molecule has 2 aromatic carbocycles. The maximum atomic E-state index is 5.70. The number of rotatable bonds is 6. The van der Waals surface area contributed by atoms with E-state index in [0.29, 0.717) is 11.8 Å². The van der Waals surface area contributed by atoms with Gasteiger partial charge in [-0.2, -0.15) is 0 Å². The summed E-state index contributed by atoms with van der Waals surface area (Å²) in [6.45, 7) is 1.84. The summed E-state index contributed by atoms with van der Waals surface area (Å²) in [6.07, 6.45) is 8.93. The molecule has 0 heterocycles. The maximum absolute atomic E-state index is 5.70. The van der Waals surface area contributed by atoms with E-state index in [1.165, 1.54) is 25.7 Å². The van der Waals surface area contributed by atoms with Crippen molar-refractivity contribution in [2.75, 3.05) is 24.6 Å². The lowest BCUT2D eigenvalue weighted by molar-refractivity contribution is 0.286. The van der Waals surface area contributed by atoms with Gasteiger partial charge in [0.25, 0.3) is 0 Å². The smallest absolute Gasteiger partial charge is 0.0417 e. The van der Waals surface area contributed by atoms with Crippen molar-refractivity contribution in [3.8, 4) is 0 Å². The zero-order valence-electron chi connectivity index (χ0n) is 15.2. The molecule has 0 spiro atoms. The van der Waals surface area contributed by atoms with Crippen LogP contribution in [0.1, 0.15) is 36.8 Å². The van der Waals surface area contributed by atoms with Crippen molar-refractivity contribution in [1.29, 1.82) is 0 Å². The van der Waals surface area contributed by atoms with Crippen molar-refractivity contribution < 1.29 is 0 Å². The van der Waals surface area contributed by atoms with Crippen LogP contribution >= 0.6 is 0 Å². The minimum Gasteiger partial charge on any atom is -0.399 e. The lowest BCUT2D eigenvalue weighted by atomic mass is 9.82. The van der Waals surface area contributed by atoms with Crippen LogP contribution in [0.4, 0.5) is 11.4 Å². The molecule has 1 aliphatic rings. The van der Waals surface area contributed by atoms with Crippen LogP contribution in [-0.2, 0) is 0 Å². The first-order valence-corrected chi connectivity index (χ1v) is 9.40. The SMILES string of the molecule is Nc1ccc(/C=N/CC2CCC(C/N=C/c3ccc(N)cc3)CC2)cc1. The predicted molar refractivity (Wildman–Crippen MR) is 112 cm³/mol. The lowest BCUT2D eigenvalue weighted by Crippen LogP contribution is -2.18. The monoisotopic (exact) mass is 348 g/mol. The topological polar surface area (TPSA) is 76.8 Å². The predicted octanol–water partition coefficient (Wildman–Crippen LogP) is 4.20. The number of hydrogen-bond donors (Lipinski definition) is 2. The number of anilines is 2. The minimum atomic E-state index is 0.706. The third kappa shape index (κ3) is 5.73. The molecule has 0 atom stereocenters. The first-order chi connectivity index (χ1) is 12.7. The Morgan fingerprint density at radius 1 is 0.654 bits per heavy atom. The van der Waals surface area contributed by atoms with E-state index >= 15 is 0 Å². The fourth-order valence-electron chi connectivity index (χ4n) is 3.38. The highest BCUT2D eigenvalue weighted by molar-refractivity contribution is 5.80. The summed E-state index contributed by atoms with van der Waals surface area (Å²) in [6, 6.07) is 15.7. The molecule has 1 aliphatic carbocycles. The molecule has 1 saturated carbocycles. The molecule has 1 fully saturated rings. The molecule has 136 valence electrons. The van der Waals surface area contributed by atoms with Crippen LogP contribution in [-0.4, -0.2) is 25.5 Å². The van der Waals surface area contributed by atoms with E-state index in [9.17, 15) is 0 Å². The van der Waals surface area contributed by atoms with Crippen LogP contribution in [0.15, 0.2) is 58.5 Å². The Balaban J connectivity index is 1.37. The Kier molecular flexibility index (Phi) is 6.42. The van der Waals surface area contributed by atoms with Gasteiger partial charge in [0.1, 0.15) is 0 Å². The van der Waals surface area contributed by atoms with E-state index in [-0.39, 0.29) is 0 Å². The first-order valence-electron chi connectivity index (χ1n) is 9.40. The zero-order valence-corrected chi connectivity index (χ0v) is 15.2. The molecule has 0 bridgehead atoms. The molecule has 0 amide bonds. The largest absolute Gasteiger partial charge is 0.399 e. The summed E-state index contributed by atoms with van der Waals surface area (Å²) >= 11 is 0. The van der Waals surface area contributed by atoms with Gasteiger partial charge in [-0.1, -0.05) is 24.3 Å². The van der Waals surface area contributed by atoms with E-state index < -0.39 is 0 Å². The van der Waals surface area contributed by atoms with Gasteiger partial charge in [0.15, 0.2) is 0 Å². The molecular weight excluding hydrogens is 320 g/mol. The van der Waals surface area contributed by atoms with Gasteiger partial charge in [-0.25, -0.2) is 0 Å². The third-order valence-corrected chi connectivity index (χ3v) is 5.05. The number of aliphatic imine (C=N–C) groups is 2. The van der Waals surface area contributed by atoms with Gasteiger partial charge in [-0.05, 0) is 72.9 Å². The normalized spacial score (nSPS) is 20.8. The van der Waals surface area contributed by atoms with Crippen molar-refractivity contribution in [2.45, 2.75) is 25.7 Å². The van der Waals surface area contributed by atoms with Crippen LogP contribution in [0.5, 0.6) is 0 Å². The summed E-state index contributed by atoms with van der Waals surface area (Å²) in [5.74, 6) is 1.41. The fraction of sp³-hybridized carbons (Fsp3) is 0.364. The highest BCUT2D eigenvalue weighted by atomic mass is 14.7. The quantitative estimate of drug-likeness (QED) is 0.606. The van der Waals surface area contributed by atoms with Gasteiger partial charge in [0.2, 0.25) is 0 Å². The standard InChI is InChI=1S/C22H28N4/c23-21-9-5-19(6-10-21)15-25-13-17-1-2-18(4-3-17)14-26-16-20-7-11-22(24)12-8-20/h5-12,15-18H,1-4,13-14,23-24H2/b25-15+,26-16+. The molecule has 0 aliphatic heterocycles. The molecule has 3 rings (SSSR count). The third-order valence-electron chi connectivity index (χ3n) is 5.05. The van der Waals surface area contributed by atoms with Crippen molar-refractivity contribution >= 4 is 23.8 Å². The van der Waals surface area contributed by atoms with Crippen LogP contribution in [0.3, 0.4) is 0 Å². The highest BCUT2D eigenvalue weighted by Crippen LogP contribution is 2.29. The maximum Gasteiger partial charge on any atom is 0.0417 e. The second-order valence-electron chi connectivity index (χ2n) is 7.21. The van der Waals surface area contributed by atoms with Gasteiger partial charge in [-0.3, -0.25) is 9.98 Å². The summed E-state index contributed by atoms with van der Waals surface area (Å²) in [4.78, 5) is 9.25. The Bertz CT molecular complexity index is 658. The van der Waals surface area contributed by atoms with Gasteiger partial charge < -0.3 is 11.5 Å². The number of nitrogens with two attached hydrogens (primary N) is 2. The minimum absolute atomic E-state index is 0.706. The Labute approximate surface area is 156 Å².